The molecule has 1 rings (SSSR count). The van der Waals surface area contributed by atoms with Gasteiger partial charge in [-0.15, -0.1) is 0 Å². The van der Waals surface area contributed by atoms with Crippen LogP contribution in [0.15, 0.2) is 0 Å². The van der Waals surface area contributed by atoms with Crippen molar-refractivity contribution < 1.29 is 0 Å². The highest BCUT2D eigenvalue weighted by Gasteiger charge is 2.12. The van der Waals surface area contributed by atoms with Crippen molar-refractivity contribution in [3.8, 4) is 0 Å². The highest BCUT2D eigenvalue weighted by molar-refractivity contribution is 4.72. The zero-order chi connectivity index (χ0) is 11.6. The molecule has 1 fully saturated rings. The highest BCUT2D eigenvalue weighted by atomic mass is 15.1. The second kappa shape index (κ2) is 9.00. The fourth-order valence-electron chi connectivity index (χ4n) is 2.49. The van der Waals surface area contributed by atoms with Crippen LogP contribution in [-0.2, 0) is 0 Å². The van der Waals surface area contributed by atoms with E-state index in [9.17, 15) is 0 Å². The molecular formula is C14H30N2. The zero-order valence-electron chi connectivity index (χ0n) is 11.3. The summed E-state index contributed by atoms with van der Waals surface area (Å²) in [6.07, 6.45) is 9.66. The Balaban J connectivity index is 2.24. The second-order valence-corrected chi connectivity index (χ2v) is 5.13. The van der Waals surface area contributed by atoms with Crippen LogP contribution in [0, 0.1) is 0 Å². The molecule has 0 spiro atoms. The van der Waals surface area contributed by atoms with Gasteiger partial charge in [0.2, 0.25) is 0 Å². The van der Waals surface area contributed by atoms with Crippen LogP contribution in [0.2, 0.25) is 0 Å². The van der Waals surface area contributed by atoms with E-state index in [0.29, 0.717) is 6.04 Å². The van der Waals surface area contributed by atoms with Crippen molar-refractivity contribution in [3.05, 3.63) is 0 Å². The molecule has 1 aliphatic rings. The fraction of sp³-hybridized carbons (Fsp3) is 1.00. The van der Waals surface area contributed by atoms with Gasteiger partial charge in [0.1, 0.15) is 0 Å². The van der Waals surface area contributed by atoms with Crippen molar-refractivity contribution in [3.63, 3.8) is 0 Å². The van der Waals surface area contributed by atoms with E-state index in [0.717, 1.165) is 0 Å². The monoisotopic (exact) mass is 226 g/mol. The molecule has 1 aliphatic heterocycles. The number of nitrogens with zero attached hydrogens (tertiary/aromatic N) is 1. The van der Waals surface area contributed by atoms with E-state index in [1.54, 1.807) is 0 Å². The molecule has 0 aromatic heterocycles. The normalized spacial score (nSPS) is 21.4. The van der Waals surface area contributed by atoms with E-state index in [1.165, 1.54) is 71.1 Å². The van der Waals surface area contributed by atoms with Gasteiger partial charge in [0, 0.05) is 12.6 Å². The van der Waals surface area contributed by atoms with Crippen LogP contribution in [0.5, 0.6) is 0 Å². The van der Waals surface area contributed by atoms with Crippen LogP contribution in [0.4, 0.5) is 0 Å². The minimum Gasteiger partial charge on any atom is -0.313 e. The minimum atomic E-state index is 0.708. The largest absolute Gasteiger partial charge is 0.313 e. The average molecular weight is 226 g/mol. The molecule has 1 N–H and O–H groups in total. The molecule has 16 heavy (non-hydrogen) atoms. The first kappa shape index (κ1) is 14.0. The molecule has 96 valence electrons. The van der Waals surface area contributed by atoms with Crippen molar-refractivity contribution in [2.75, 3.05) is 26.2 Å². The van der Waals surface area contributed by atoms with Crippen molar-refractivity contribution in [2.45, 2.75) is 64.8 Å². The van der Waals surface area contributed by atoms with E-state index >= 15 is 0 Å². The van der Waals surface area contributed by atoms with E-state index in [4.69, 9.17) is 0 Å². The van der Waals surface area contributed by atoms with Crippen molar-refractivity contribution >= 4 is 0 Å². The molecule has 0 radical (unpaired) electrons. The van der Waals surface area contributed by atoms with Crippen LogP contribution in [0.1, 0.15) is 58.8 Å². The van der Waals surface area contributed by atoms with E-state index in [2.05, 4.69) is 24.1 Å². The zero-order valence-corrected chi connectivity index (χ0v) is 11.3. The summed E-state index contributed by atoms with van der Waals surface area (Å²) in [6, 6.07) is 0.708. The Bertz CT molecular complexity index is 151. The Hall–Kier alpha value is -0.0800. The predicted octanol–water partition coefficient (Wildman–Crippen LogP) is 3.03. The Morgan fingerprint density at radius 3 is 2.19 bits per heavy atom. The van der Waals surface area contributed by atoms with Gasteiger partial charge in [0.15, 0.2) is 0 Å². The topological polar surface area (TPSA) is 15.3 Å². The van der Waals surface area contributed by atoms with E-state index < -0.39 is 0 Å². The predicted molar refractivity (Wildman–Crippen MR) is 71.9 cm³/mol. The van der Waals surface area contributed by atoms with E-state index in [1.807, 2.05) is 0 Å². The van der Waals surface area contributed by atoms with Crippen LogP contribution in [-0.4, -0.2) is 37.1 Å². The highest BCUT2D eigenvalue weighted by Crippen LogP contribution is 2.11. The van der Waals surface area contributed by atoms with Gasteiger partial charge in [-0.05, 0) is 45.3 Å². The summed E-state index contributed by atoms with van der Waals surface area (Å²) >= 11 is 0. The summed E-state index contributed by atoms with van der Waals surface area (Å²) in [7, 11) is 0. The molecule has 1 saturated heterocycles. The Morgan fingerprint density at radius 2 is 1.62 bits per heavy atom. The molecule has 0 saturated carbocycles. The summed E-state index contributed by atoms with van der Waals surface area (Å²) in [5, 5.41) is 3.66. The van der Waals surface area contributed by atoms with Gasteiger partial charge in [-0.25, -0.2) is 0 Å². The number of likely N-dealkylation sites (tertiary alicyclic amines) is 1. The van der Waals surface area contributed by atoms with Gasteiger partial charge in [-0.3, -0.25) is 0 Å². The summed E-state index contributed by atoms with van der Waals surface area (Å²) in [6.45, 7) is 9.63. The Kier molecular flexibility index (Phi) is 7.87. The molecule has 2 nitrogen and oxygen atoms in total. The Labute approximate surface area is 102 Å². The molecule has 1 unspecified atom stereocenters. The molecule has 0 aliphatic carbocycles. The molecule has 0 bridgehead atoms. The van der Waals surface area contributed by atoms with Gasteiger partial charge in [0.25, 0.3) is 0 Å². The molecule has 1 heterocycles. The molecule has 1 atom stereocenters. The van der Waals surface area contributed by atoms with Crippen LogP contribution < -0.4 is 5.32 Å². The van der Waals surface area contributed by atoms with E-state index in [-0.39, 0.29) is 0 Å². The summed E-state index contributed by atoms with van der Waals surface area (Å²) < 4.78 is 0. The summed E-state index contributed by atoms with van der Waals surface area (Å²) in [5.41, 5.74) is 0. The van der Waals surface area contributed by atoms with Gasteiger partial charge < -0.3 is 10.2 Å². The van der Waals surface area contributed by atoms with Crippen LogP contribution in [0.3, 0.4) is 0 Å². The maximum Gasteiger partial charge on any atom is 0.0192 e. The molecular weight excluding hydrogens is 196 g/mol. The average Bonchev–Trinajstić information content (AvgIpc) is 2.26. The Morgan fingerprint density at radius 1 is 1.00 bits per heavy atom. The maximum atomic E-state index is 3.66. The molecule has 0 aromatic rings. The molecule has 2 heteroatoms. The standard InChI is InChI=1S/C14H30N2/c1-3-10-15-14(4-2)13-16-11-8-6-5-7-9-12-16/h14-15H,3-13H2,1-2H3. The van der Waals surface area contributed by atoms with Gasteiger partial charge in [0.05, 0.1) is 0 Å². The smallest absolute Gasteiger partial charge is 0.0192 e. The number of nitrogens with one attached hydrogen (secondary N) is 1. The third-order valence-electron chi connectivity index (χ3n) is 3.60. The van der Waals surface area contributed by atoms with Crippen molar-refractivity contribution in [1.29, 1.82) is 0 Å². The van der Waals surface area contributed by atoms with Crippen LogP contribution >= 0.6 is 0 Å². The molecule has 0 aromatic carbocycles. The molecule has 0 amide bonds. The quantitative estimate of drug-likeness (QED) is 0.749. The lowest BCUT2D eigenvalue weighted by Gasteiger charge is -2.29. The van der Waals surface area contributed by atoms with Crippen molar-refractivity contribution in [2.24, 2.45) is 0 Å². The summed E-state index contributed by atoms with van der Waals surface area (Å²) in [5.74, 6) is 0. The van der Waals surface area contributed by atoms with Gasteiger partial charge in [-0.1, -0.05) is 33.1 Å². The first-order chi connectivity index (χ1) is 7.86. The number of rotatable bonds is 6. The maximum absolute atomic E-state index is 3.66. The van der Waals surface area contributed by atoms with Crippen LogP contribution in [0.25, 0.3) is 0 Å². The van der Waals surface area contributed by atoms with Crippen molar-refractivity contribution in [1.82, 2.24) is 10.2 Å². The fourth-order valence-corrected chi connectivity index (χ4v) is 2.49. The minimum absolute atomic E-state index is 0.708. The first-order valence-electron chi connectivity index (χ1n) is 7.32. The lowest BCUT2D eigenvalue weighted by atomic mass is 10.1. The summed E-state index contributed by atoms with van der Waals surface area (Å²) in [4.78, 5) is 2.68. The lowest BCUT2D eigenvalue weighted by Crippen LogP contribution is -2.42. The lowest BCUT2D eigenvalue weighted by molar-refractivity contribution is 0.219. The van der Waals surface area contributed by atoms with Gasteiger partial charge in [-0.2, -0.15) is 0 Å². The van der Waals surface area contributed by atoms with Gasteiger partial charge >= 0.3 is 0 Å². The third-order valence-corrected chi connectivity index (χ3v) is 3.60. The first-order valence-corrected chi connectivity index (χ1v) is 7.32. The number of hydrogen-bond acceptors (Lipinski definition) is 2. The second-order valence-electron chi connectivity index (χ2n) is 5.13. The third kappa shape index (κ3) is 5.86. The number of hydrogen-bond donors (Lipinski definition) is 1. The SMILES string of the molecule is CCCNC(CC)CN1CCCCCCC1.